The van der Waals surface area contributed by atoms with Crippen LogP contribution in [0.2, 0.25) is 0 Å². The first-order valence-electron chi connectivity index (χ1n) is 10.0. The van der Waals surface area contributed by atoms with Gasteiger partial charge in [0.25, 0.3) is 0 Å². The molecule has 3 rings (SSSR count). The van der Waals surface area contributed by atoms with E-state index in [0.717, 1.165) is 36.5 Å². The number of hydrogen-bond acceptors (Lipinski definition) is 7. The molecule has 0 aromatic carbocycles. The van der Waals surface area contributed by atoms with Gasteiger partial charge in [-0.3, -0.25) is 9.97 Å². The van der Waals surface area contributed by atoms with Crippen molar-refractivity contribution in [2.24, 2.45) is 9.98 Å². The predicted molar refractivity (Wildman–Crippen MR) is 124 cm³/mol. The molecule has 0 amide bonds. The minimum Gasteiger partial charge on any atom is -0.312 e. The van der Waals surface area contributed by atoms with Crippen LogP contribution in [0.25, 0.3) is 11.5 Å². The Labute approximate surface area is 182 Å². The second kappa shape index (κ2) is 12.2. The maximum absolute atomic E-state index is 4.39. The fourth-order valence-electron chi connectivity index (χ4n) is 2.67. The van der Waals surface area contributed by atoms with Crippen LogP contribution < -0.4 is 10.6 Å². The smallest absolute Gasteiger partial charge is 0.178 e. The Morgan fingerprint density at radius 3 is 2.39 bits per heavy atom. The van der Waals surface area contributed by atoms with Gasteiger partial charge in [-0.25, -0.2) is 20.0 Å². The van der Waals surface area contributed by atoms with Crippen molar-refractivity contribution in [1.29, 1.82) is 0 Å². The molecule has 0 saturated heterocycles. The Balaban J connectivity index is 1.36. The third-order valence-electron chi connectivity index (χ3n) is 4.26. The van der Waals surface area contributed by atoms with Gasteiger partial charge in [-0.2, -0.15) is 0 Å². The Hall–Kier alpha value is -3.62. The predicted octanol–water partition coefficient (Wildman–Crippen LogP) is 2.66. The molecule has 0 spiro atoms. The molecule has 0 fully saturated rings. The third kappa shape index (κ3) is 7.29. The molecule has 3 heterocycles. The van der Waals surface area contributed by atoms with Crippen LogP contribution in [0, 0.1) is 0 Å². The molecule has 0 aliphatic carbocycles. The maximum Gasteiger partial charge on any atom is 0.178 e. The van der Waals surface area contributed by atoms with Crippen LogP contribution in [0.4, 0.5) is 0 Å². The van der Waals surface area contributed by atoms with Crippen molar-refractivity contribution >= 4 is 12.6 Å². The molecular weight excluding hydrogens is 388 g/mol. The maximum atomic E-state index is 4.39. The van der Waals surface area contributed by atoms with Crippen molar-refractivity contribution in [2.75, 3.05) is 19.6 Å². The third-order valence-corrected chi connectivity index (χ3v) is 4.26. The van der Waals surface area contributed by atoms with E-state index in [2.05, 4.69) is 47.3 Å². The molecule has 3 aromatic heterocycles. The molecule has 0 saturated carbocycles. The minimum atomic E-state index is 0.512. The van der Waals surface area contributed by atoms with E-state index in [1.165, 1.54) is 0 Å². The van der Waals surface area contributed by atoms with Crippen LogP contribution in [0.5, 0.6) is 0 Å². The molecule has 0 aliphatic rings. The van der Waals surface area contributed by atoms with Gasteiger partial charge in [0.15, 0.2) is 11.7 Å². The lowest BCUT2D eigenvalue weighted by Gasteiger charge is -2.07. The molecule has 0 bridgehead atoms. The van der Waals surface area contributed by atoms with E-state index in [0.29, 0.717) is 23.9 Å². The summed E-state index contributed by atoms with van der Waals surface area (Å²) in [5.74, 6) is 1.15. The molecule has 3 aromatic rings. The lowest BCUT2D eigenvalue weighted by atomic mass is 10.3. The summed E-state index contributed by atoms with van der Waals surface area (Å²) in [4.78, 5) is 25.6. The Bertz CT molecular complexity index is 999. The van der Waals surface area contributed by atoms with Crippen LogP contribution in [-0.2, 0) is 6.54 Å². The van der Waals surface area contributed by atoms with Crippen molar-refractivity contribution in [3.05, 3.63) is 84.2 Å². The zero-order valence-electron chi connectivity index (χ0n) is 17.6. The van der Waals surface area contributed by atoms with Gasteiger partial charge in [0.2, 0.25) is 0 Å². The first kappa shape index (κ1) is 22.1. The lowest BCUT2D eigenvalue weighted by molar-refractivity contribution is 0.627. The molecule has 0 atom stereocenters. The second-order valence-corrected chi connectivity index (χ2v) is 6.78. The average Bonchev–Trinajstić information content (AvgIpc) is 2.83. The van der Waals surface area contributed by atoms with Gasteiger partial charge in [0, 0.05) is 62.7 Å². The summed E-state index contributed by atoms with van der Waals surface area (Å²) in [6.45, 7) is 8.69. The first-order valence-corrected chi connectivity index (χ1v) is 10.0. The van der Waals surface area contributed by atoms with Crippen molar-refractivity contribution in [1.82, 2.24) is 30.6 Å². The summed E-state index contributed by atoms with van der Waals surface area (Å²) in [7, 11) is 0. The van der Waals surface area contributed by atoms with Crippen LogP contribution in [0.3, 0.4) is 0 Å². The topological polar surface area (TPSA) is 100 Å². The fourth-order valence-corrected chi connectivity index (χ4v) is 2.67. The monoisotopic (exact) mass is 414 g/mol. The highest BCUT2D eigenvalue weighted by Gasteiger charge is 2.02. The number of rotatable bonds is 10. The SMILES string of the molecule is C=NC(=N/C=C(\C)CNCCNCc1cnc(-c2ccccn2)nc1)c1ccccn1. The fraction of sp³-hybridized carbons (Fsp3) is 0.217. The van der Waals surface area contributed by atoms with Gasteiger partial charge in [-0.05, 0) is 43.5 Å². The van der Waals surface area contributed by atoms with E-state index < -0.39 is 0 Å². The van der Waals surface area contributed by atoms with Gasteiger partial charge in [-0.1, -0.05) is 12.1 Å². The molecule has 8 nitrogen and oxygen atoms in total. The summed E-state index contributed by atoms with van der Waals surface area (Å²) >= 11 is 0. The normalized spacial score (nSPS) is 12.0. The largest absolute Gasteiger partial charge is 0.312 e. The quantitative estimate of drug-likeness (QED) is 0.301. The van der Waals surface area contributed by atoms with Crippen molar-refractivity contribution in [3.63, 3.8) is 0 Å². The molecule has 8 heteroatoms. The summed E-state index contributed by atoms with van der Waals surface area (Å²) in [5.41, 5.74) is 3.60. The van der Waals surface area contributed by atoms with Gasteiger partial charge >= 0.3 is 0 Å². The van der Waals surface area contributed by atoms with Crippen LogP contribution in [0.15, 0.2) is 82.9 Å². The van der Waals surface area contributed by atoms with Crippen LogP contribution >= 0.6 is 0 Å². The molecule has 158 valence electrons. The molecule has 0 radical (unpaired) electrons. The van der Waals surface area contributed by atoms with Crippen molar-refractivity contribution in [2.45, 2.75) is 13.5 Å². The lowest BCUT2D eigenvalue weighted by Crippen LogP contribution is -2.28. The summed E-state index contributed by atoms with van der Waals surface area (Å²) < 4.78 is 0. The molecule has 2 N–H and O–H groups in total. The number of nitrogens with zero attached hydrogens (tertiary/aromatic N) is 6. The van der Waals surface area contributed by atoms with Crippen LogP contribution in [-0.4, -0.2) is 52.1 Å². The number of nitrogens with one attached hydrogen (secondary N) is 2. The van der Waals surface area contributed by atoms with E-state index in [-0.39, 0.29) is 0 Å². The minimum absolute atomic E-state index is 0.512. The number of amidine groups is 1. The molecule has 31 heavy (non-hydrogen) atoms. The zero-order valence-corrected chi connectivity index (χ0v) is 17.6. The Kier molecular flexibility index (Phi) is 8.66. The van der Waals surface area contributed by atoms with Gasteiger partial charge in [-0.15, -0.1) is 0 Å². The standard InChI is InChI=1S/C23H26N8/c1-18(14-29-22(24-2)20-7-3-5-9-27-20)13-25-11-12-26-15-19-16-30-23(31-17-19)21-8-4-6-10-28-21/h3-10,14,16-17,25-26H,2,11-13,15H2,1H3/b18-14+,29-22?. The molecular formula is C23H26N8. The second-order valence-electron chi connectivity index (χ2n) is 6.78. The zero-order chi connectivity index (χ0) is 21.7. The highest BCUT2D eigenvalue weighted by Crippen LogP contribution is 2.09. The number of aliphatic imine (C=N–C) groups is 2. The number of aromatic nitrogens is 4. The first-order chi connectivity index (χ1) is 15.3. The highest BCUT2D eigenvalue weighted by atomic mass is 15.0. The average molecular weight is 415 g/mol. The van der Waals surface area contributed by atoms with E-state index in [1.807, 2.05) is 55.7 Å². The van der Waals surface area contributed by atoms with E-state index in [9.17, 15) is 0 Å². The van der Waals surface area contributed by atoms with Gasteiger partial charge in [0.1, 0.15) is 11.4 Å². The highest BCUT2D eigenvalue weighted by molar-refractivity contribution is 6.00. The van der Waals surface area contributed by atoms with Gasteiger partial charge in [0.05, 0.1) is 0 Å². The van der Waals surface area contributed by atoms with E-state index in [1.54, 1.807) is 18.6 Å². The summed E-state index contributed by atoms with van der Waals surface area (Å²) in [6.07, 6.45) is 8.90. The summed E-state index contributed by atoms with van der Waals surface area (Å²) in [5, 5.41) is 6.76. The van der Waals surface area contributed by atoms with E-state index in [4.69, 9.17) is 0 Å². The number of hydrogen-bond donors (Lipinski definition) is 2. The molecule has 0 unspecified atom stereocenters. The van der Waals surface area contributed by atoms with Gasteiger partial charge < -0.3 is 10.6 Å². The van der Waals surface area contributed by atoms with Crippen molar-refractivity contribution in [3.8, 4) is 11.5 Å². The van der Waals surface area contributed by atoms with Crippen LogP contribution in [0.1, 0.15) is 18.2 Å². The Morgan fingerprint density at radius 2 is 1.71 bits per heavy atom. The molecule has 0 aliphatic heterocycles. The number of pyridine rings is 2. The summed E-state index contributed by atoms with van der Waals surface area (Å²) in [6, 6.07) is 11.3. The van der Waals surface area contributed by atoms with E-state index >= 15 is 0 Å². The Morgan fingerprint density at radius 1 is 0.968 bits per heavy atom. The van der Waals surface area contributed by atoms with Crippen molar-refractivity contribution < 1.29 is 0 Å².